The van der Waals surface area contributed by atoms with Gasteiger partial charge in [-0.2, -0.15) is 0 Å². The molecule has 10 heteroatoms. The first kappa shape index (κ1) is 33.0. The smallest absolute Gasteiger partial charge is 0.411 e. The number of carbonyl (C=O) groups is 1. The summed E-state index contributed by atoms with van der Waals surface area (Å²) in [6, 6.07) is 16.4. The van der Waals surface area contributed by atoms with Gasteiger partial charge in [0.15, 0.2) is 11.9 Å². The maximum Gasteiger partial charge on any atom is 0.411 e. The number of nitrogens with zero attached hydrogens (tertiary/aromatic N) is 3. The average Bonchev–Trinajstić information content (AvgIpc) is 3.30. The number of rotatable bonds is 14. The SMILES string of the molecule is COc1ccc(CSc2cn(COCC[Si](C)(C)C)c(C(OC(=O)N(C(C)C)C(C)C)c3cccc(Cl)c3)n2)cc1. The molecule has 0 saturated carbocycles. The van der Waals surface area contributed by atoms with Gasteiger partial charge in [-0.05, 0) is 63.6 Å². The Morgan fingerprint density at radius 2 is 1.76 bits per heavy atom. The van der Waals surface area contributed by atoms with Gasteiger partial charge in [-0.25, -0.2) is 9.78 Å². The van der Waals surface area contributed by atoms with Crippen LogP contribution < -0.4 is 4.74 Å². The van der Waals surface area contributed by atoms with Crippen LogP contribution in [0.15, 0.2) is 59.8 Å². The van der Waals surface area contributed by atoms with Crippen molar-refractivity contribution < 1.29 is 19.0 Å². The lowest BCUT2D eigenvalue weighted by Gasteiger charge is -2.31. The topological polar surface area (TPSA) is 65.8 Å². The van der Waals surface area contributed by atoms with Crippen molar-refractivity contribution in [3.63, 3.8) is 0 Å². The summed E-state index contributed by atoms with van der Waals surface area (Å²) in [7, 11) is 0.411. The Bertz CT molecular complexity index is 1250. The lowest BCUT2D eigenvalue weighted by Crippen LogP contribution is -2.43. The molecular formula is C31H44ClN3O4SSi. The largest absolute Gasteiger partial charge is 0.497 e. The van der Waals surface area contributed by atoms with Gasteiger partial charge in [-0.1, -0.05) is 55.5 Å². The molecular weight excluding hydrogens is 574 g/mol. The van der Waals surface area contributed by atoms with Crippen molar-refractivity contribution >= 4 is 37.5 Å². The number of halogens is 1. The van der Waals surface area contributed by atoms with Crippen molar-refractivity contribution in [3.05, 3.63) is 76.7 Å². The minimum Gasteiger partial charge on any atom is -0.497 e. The van der Waals surface area contributed by atoms with E-state index in [2.05, 4.69) is 19.6 Å². The number of aromatic nitrogens is 2. The van der Waals surface area contributed by atoms with Crippen LogP contribution in [-0.2, 0) is 22.0 Å². The first-order chi connectivity index (χ1) is 19.4. The Hall–Kier alpha value is -2.46. The van der Waals surface area contributed by atoms with Gasteiger partial charge in [0.2, 0.25) is 0 Å². The van der Waals surface area contributed by atoms with Crippen molar-refractivity contribution in [1.29, 1.82) is 0 Å². The molecule has 1 aromatic heterocycles. The van der Waals surface area contributed by atoms with Crippen molar-refractivity contribution in [3.8, 4) is 5.75 Å². The third-order valence-corrected chi connectivity index (χ3v) is 9.40. The maximum absolute atomic E-state index is 13.5. The first-order valence-electron chi connectivity index (χ1n) is 14.0. The number of ether oxygens (including phenoxy) is 3. The number of hydrogen-bond acceptors (Lipinski definition) is 6. The second kappa shape index (κ2) is 15.1. The van der Waals surface area contributed by atoms with Crippen molar-refractivity contribution in [2.75, 3.05) is 13.7 Å². The Morgan fingerprint density at radius 1 is 1.07 bits per heavy atom. The molecule has 1 atom stereocenters. The van der Waals surface area contributed by atoms with Crippen molar-refractivity contribution in [2.45, 2.75) is 89.1 Å². The van der Waals surface area contributed by atoms with Crippen LogP contribution in [0.1, 0.15) is 50.8 Å². The van der Waals surface area contributed by atoms with Gasteiger partial charge in [-0.3, -0.25) is 0 Å². The highest BCUT2D eigenvalue weighted by atomic mass is 35.5. The minimum atomic E-state index is -1.25. The molecule has 1 unspecified atom stereocenters. The van der Waals surface area contributed by atoms with Crippen LogP contribution in [0.4, 0.5) is 4.79 Å². The molecule has 0 aliphatic heterocycles. The predicted molar refractivity (Wildman–Crippen MR) is 171 cm³/mol. The van der Waals surface area contributed by atoms with Crippen LogP contribution in [0.2, 0.25) is 30.7 Å². The van der Waals surface area contributed by atoms with Crippen molar-refractivity contribution in [1.82, 2.24) is 14.5 Å². The highest BCUT2D eigenvalue weighted by Crippen LogP contribution is 2.32. The molecule has 224 valence electrons. The molecule has 0 N–H and O–H groups in total. The zero-order valence-corrected chi connectivity index (χ0v) is 28.1. The number of benzene rings is 2. The van der Waals surface area contributed by atoms with E-state index < -0.39 is 20.3 Å². The molecule has 2 aromatic carbocycles. The van der Waals surface area contributed by atoms with E-state index in [4.69, 9.17) is 30.8 Å². The standard InChI is InChI=1S/C31H44ClN3O4SSi/c1-22(2)35(23(3)4)31(36)39-29(25-10-9-11-26(32)18-25)30-33-28(19-34(30)21-38-16-17-41(6,7)8)40-20-24-12-14-27(37-5)15-13-24/h9-15,18-19,22-23,29H,16-17,20-21H2,1-8H3. The first-order valence-corrected chi connectivity index (χ1v) is 19.1. The fourth-order valence-corrected chi connectivity index (χ4v) is 6.15. The average molecular weight is 618 g/mol. The van der Waals surface area contributed by atoms with Crippen LogP contribution in [0, 0.1) is 0 Å². The molecule has 3 aromatic rings. The van der Waals surface area contributed by atoms with E-state index in [0.717, 1.165) is 33.7 Å². The summed E-state index contributed by atoms with van der Waals surface area (Å²) in [6.45, 7) is 15.9. The number of imidazole rings is 1. The van der Waals surface area contributed by atoms with Crippen LogP contribution in [0.5, 0.6) is 5.75 Å². The number of carbonyl (C=O) groups excluding carboxylic acids is 1. The van der Waals surface area contributed by atoms with E-state index in [1.165, 1.54) is 0 Å². The highest BCUT2D eigenvalue weighted by molar-refractivity contribution is 7.98. The maximum atomic E-state index is 13.5. The van der Waals surface area contributed by atoms with Crippen LogP contribution >= 0.6 is 23.4 Å². The molecule has 7 nitrogen and oxygen atoms in total. The third kappa shape index (κ3) is 10.1. The Labute approximate surface area is 255 Å². The zero-order chi connectivity index (χ0) is 30.2. The summed E-state index contributed by atoms with van der Waals surface area (Å²) in [5.74, 6) is 2.15. The fraction of sp³-hybridized carbons (Fsp3) is 0.484. The summed E-state index contributed by atoms with van der Waals surface area (Å²) in [4.78, 5) is 20.2. The van der Waals surface area contributed by atoms with E-state index in [9.17, 15) is 4.79 Å². The van der Waals surface area contributed by atoms with E-state index >= 15 is 0 Å². The molecule has 1 amide bonds. The number of hydrogen-bond donors (Lipinski definition) is 0. The second-order valence-electron chi connectivity index (χ2n) is 11.8. The molecule has 1 heterocycles. The van der Waals surface area contributed by atoms with E-state index in [-0.39, 0.29) is 12.1 Å². The van der Waals surface area contributed by atoms with Crippen molar-refractivity contribution in [2.24, 2.45) is 0 Å². The number of methoxy groups -OCH3 is 1. The molecule has 0 fully saturated rings. The Morgan fingerprint density at radius 3 is 2.34 bits per heavy atom. The molecule has 0 radical (unpaired) electrons. The molecule has 0 aliphatic rings. The summed E-state index contributed by atoms with van der Waals surface area (Å²) in [5, 5.41) is 1.38. The summed E-state index contributed by atoms with van der Waals surface area (Å²) >= 11 is 8.01. The van der Waals surface area contributed by atoms with E-state index in [1.54, 1.807) is 29.8 Å². The van der Waals surface area contributed by atoms with Gasteiger partial charge in [-0.15, -0.1) is 11.8 Å². The molecule has 0 saturated heterocycles. The minimum absolute atomic E-state index is 0.0252. The molecule has 0 spiro atoms. The Balaban J connectivity index is 1.96. The lowest BCUT2D eigenvalue weighted by molar-refractivity contribution is 0.0459. The van der Waals surface area contributed by atoms with Gasteiger partial charge in [0.05, 0.1) is 7.11 Å². The van der Waals surface area contributed by atoms with Crippen LogP contribution in [0.3, 0.4) is 0 Å². The monoisotopic (exact) mass is 617 g/mol. The van der Waals surface area contributed by atoms with Gasteiger partial charge < -0.3 is 23.7 Å². The predicted octanol–water partition coefficient (Wildman–Crippen LogP) is 8.49. The fourth-order valence-electron chi connectivity index (χ4n) is 4.33. The normalized spacial score (nSPS) is 12.6. The molecule has 3 rings (SSSR count). The van der Waals surface area contributed by atoms with E-state index in [1.807, 2.05) is 80.9 Å². The molecule has 0 bridgehead atoms. The molecule has 0 aliphatic carbocycles. The third-order valence-electron chi connectivity index (χ3n) is 6.49. The Kier molecular flexibility index (Phi) is 12.2. The zero-order valence-electron chi connectivity index (χ0n) is 25.5. The summed E-state index contributed by atoms with van der Waals surface area (Å²) in [5.41, 5.74) is 1.90. The van der Waals surface area contributed by atoms with Crippen LogP contribution in [-0.4, -0.2) is 54.4 Å². The number of thioether (sulfide) groups is 1. The lowest BCUT2D eigenvalue weighted by atomic mass is 10.1. The number of amides is 1. The van der Waals surface area contributed by atoms with Gasteiger partial charge in [0.25, 0.3) is 0 Å². The quantitative estimate of drug-likeness (QED) is 0.103. The highest BCUT2D eigenvalue weighted by Gasteiger charge is 2.30. The van der Waals surface area contributed by atoms with E-state index in [0.29, 0.717) is 24.2 Å². The van der Waals surface area contributed by atoms with Gasteiger partial charge in [0.1, 0.15) is 17.5 Å². The van der Waals surface area contributed by atoms with Crippen LogP contribution in [0.25, 0.3) is 0 Å². The van der Waals surface area contributed by atoms with Gasteiger partial charge >= 0.3 is 6.09 Å². The summed E-state index contributed by atoms with van der Waals surface area (Å²) < 4.78 is 19.6. The second-order valence-corrected chi connectivity index (χ2v) is 18.9. The summed E-state index contributed by atoms with van der Waals surface area (Å²) in [6.07, 6.45) is 0.810. The van der Waals surface area contributed by atoms with Gasteiger partial charge in [0, 0.05) is 49.3 Å². The molecule has 41 heavy (non-hydrogen) atoms.